The summed E-state index contributed by atoms with van der Waals surface area (Å²) in [6, 6.07) is 14.5. The lowest BCUT2D eigenvalue weighted by atomic mass is 10.1. The lowest BCUT2D eigenvalue weighted by Crippen LogP contribution is -2.12. The van der Waals surface area contributed by atoms with Gasteiger partial charge in [0.1, 0.15) is 11.5 Å². The van der Waals surface area contributed by atoms with Crippen molar-refractivity contribution in [3.63, 3.8) is 0 Å². The third-order valence-corrected chi connectivity index (χ3v) is 3.68. The molecule has 2 aromatic carbocycles. The Balaban J connectivity index is 2.13. The number of para-hydroxylation sites is 1. The zero-order chi connectivity index (χ0) is 17.1. The highest BCUT2D eigenvalue weighted by atomic mass is 16.5. The van der Waals surface area contributed by atoms with Crippen molar-refractivity contribution in [1.82, 2.24) is 9.97 Å². The molecular weight excluding hydrogens is 304 g/mol. The molecule has 1 aromatic heterocycles. The van der Waals surface area contributed by atoms with Crippen LogP contribution in [-0.2, 0) is 0 Å². The van der Waals surface area contributed by atoms with Gasteiger partial charge in [-0.1, -0.05) is 18.2 Å². The number of nitrogen functional groups attached to an aromatic ring is 1. The van der Waals surface area contributed by atoms with Gasteiger partial charge in [-0.25, -0.2) is 4.79 Å². The van der Waals surface area contributed by atoms with Gasteiger partial charge in [0, 0.05) is 16.8 Å². The van der Waals surface area contributed by atoms with E-state index < -0.39 is 5.69 Å². The van der Waals surface area contributed by atoms with Crippen LogP contribution in [0.1, 0.15) is 0 Å². The first-order valence-electron chi connectivity index (χ1n) is 7.31. The molecule has 0 radical (unpaired) electrons. The quantitative estimate of drug-likeness (QED) is 0.541. The van der Waals surface area contributed by atoms with Gasteiger partial charge in [-0.05, 0) is 30.3 Å². The molecule has 0 saturated carbocycles. The molecule has 0 aliphatic rings. The molecule has 6 nitrogen and oxygen atoms in total. The molecule has 0 amide bonds. The van der Waals surface area contributed by atoms with Crippen molar-refractivity contribution in [2.45, 2.75) is 0 Å². The number of anilines is 1. The van der Waals surface area contributed by atoms with Crippen LogP contribution >= 0.6 is 0 Å². The van der Waals surface area contributed by atoms with E-state index >= 15 is 0 Å². The number of nitrogens with zero attached hydrogens (tertiary/aromatic N) is 1. The van der Waals surface area contributed by atoms with Crippen molar-refractivity contribution in [1.29, 1.82) is 0 Å². The number of benzene rings is 2. The largest absolute Gasteiger partial charge is 0.565 e. The predicted molar refractivity (Wildman–Crippen MR) is 98.5 cm³/mol. The minimum Gasteiger partial charge on any atom is -0.565 e. The van der Waals surface area contributed by atoms with Gasteiger partial charge < -0.3 is 20.0 Å². The molecule has 0 fully saturated rings. The summed E-state index contributed by atoms with van der Waals surface area (Å²) >= 11 is 0. The predicted octanol–water partition coefficient (Wildman–Crippen LogP) is 0.540. The molecule has 0 bridgehead atoms. The van der Waals surface area contributed by atoms with Crippen molar-refractivity contribution in [3.05, 3.63) is 59.0 Å². The molecule has 8 heteroatoms. The molecule has 0 aliphatic heterocycles. The highest BCUT2D eigenvalue weighted by Crippen LogP contribution is 2.32. The number of aromatic amines is 1. The number of rotatable bonds is 4. The first-order valence-corrected chi connectivity index (χ1v) is 7.31. The standard InChI is InChI=1S/C16H15B2N3O3/c17-23-14-6-5-9(7-15(14)24-18)12-8-13(21-16(22)20-12)10-3-1-2-4-11(10)19/h1-8H,17-19H2,(H,20,21,22). The summed E-state index contributed by atoms with van der Waals surface area (Å²) in [6.07, 6.45) is 0. The summed E-state index contributed by atoms with van der Waals surface area (Å²) in [5.41, 5.74) is 8.73. The normalized spacial score (nSPS) is 10.3. The number of aromatic nitrogens is 2. The summed E-state index contributed by atoms with van der Waals surface area (Å²) in [7, 11) is 3.13. The van der Waals surface area contributed by atoms with Crippen LogP contribution in [0.5, 0.6) is 11.5 Å². The Kier molecular flexibility index (Phi) is 4.28. The topological polar surface area (TPSA) is 90.2 Å². The summed E-state index contributed by atoms with van der Waals surface area (Å²) in [5, 5.41) is 0. The molecule has 118 valence electrons. The molecule has 0 spiro atoms. The fraction of sp³-hybridized carbons (Fsp3) is 0. The van der Waals surface area contributed by atoms with Crippen LogP contribution in [-0.4, -0.2) is 26.1 Å². The van der Waals surface area contributed by atoms with Gasteiger partial charge >= 0.3 is 21.8 Å². The first-order chi connectivity index (χ1) is 11.6. The average molecular weight is 319 g/mol. The fourth-order valence-corrected chi connectivity index (χ4v) is 2.49. The molecule has 3 N–H and O–H groups in total. The number of H-pyrrole nitrogens is 1. The molecule has 1 heterocycles. The molecular formula is C16H15B2N3O3. The van der Waals surface area contributed by atoms with Crippen LogP contribution in [0.2, 0.25) is 0 Å². The second-order valence-electron chi connectivity index (χ2n) is 5.14. The maximum absolute atomic E-state index is 12.0. The van der Waals surface area contributed by atoms with E-state index in [1.807, 2.05) is 24.3 Å². The maximum Gasteiger partial charge on any atom is 0.345 e. The first kappa shape index (κ1) is 15.7. The van der Waals surface area contributed by atoms with Crippen LogP contribution < -0.4 is 20.7 Å². The van der Waals surface area contributed by atoms with E-state index in [2.05, 4.69) is 9.97 Å². The monoisotopic (exact) mass is 319 g/mol. The van der Waals surface area contributed by atoms with Crippen LogP contribution in [0.3, 0.4) is 0 Å². The van der Waals surface area contributed by atoms with Gasteiger partial charge in [-0.15, -0.1) is 0 Å². The molecule has 3 aromatic rings. The van der Waals surface area contributed by atoms with Gasteiger partial charge in [0.15, 0.2) is 0 Å². The molecule has 0 saturated heterocycles. The van der Waals surface area contributed by atoms with Gasteiger partial charge in [-0.2, -0.15) is 4.98 Å². The number of nitrogens with one attached hydrogen (secondary N) is 1. The second-order valence-corrected chi connectivity index (χ2v) is 5.14. The van der Waals surface area contributed by atoms with E-state index in [-0.39, 0.29) is 0 Å². The molecule has 24 heavy (non-hydrogen) atoms. The number of hydrogen-bond acceptors (Lipinski definition) is 5. The van der Waals surface area contributed by atoms with Crippen LogP contribution in [0.25, 0.3) is 22.5 Å². The molecule has 0 unspecified atom stereocenters. The van der Waals surface area contributed by atoms with Gasteiger partial charge in [0.05, 0.1) is 11.4 Å². The summed E-state index contributed by atoms with van der Waals surface area (Å²) in [6.45, 7) is 0. The fourth-order valence-electron chi connectivity index (χ4n) is 2.49. The molecule has 0 aliphatic carbocycles. The third kappa shape index (κ3) is 2.99. The van der Waals surface area contributed by atoms with E-state index in [1.54, 1.807) is 40.4 Å². The van der Waals surface area contributed by atoms with Gasteiger partial charge in [0.25, 0.3) is 0 Å². The Bertz CT molecular complexity index is 944. The van der Waals surface area contributed by atoms with Crippen LogP contribution in [0.15, 0.2) is 53.3 Å². The third-order valence-electron chi connectivity index (χ3n) is 3.68. The smallest absolute Gasteiger partial charge is 0.345 e. The van der Waals surface area contributed by atoms with Crippen molar-refractivity contribution in [2.75, 3.05) is 5.73 Å². The Labute approximate surface area is 140 Å². The summed E-state index contributed by atoms with van der Waals surface area (Å²) in [5.74, 6) is 1.19. The molecule has 0 atom stereocenters. The van der Waals surface area contributed by atoms with E-state index in [0.29, 0.717) is 34.1 Å². The Morgan fingerprint density at radius 1 is 1.00 bits per heavy atom. The SMILES string of the molecule is BOc1ccc(-c2cc(-c3ccccc3N)nc(=O)[nH]2)cc1OB. The van der Waals surface area contributed by atoms with E-state index in [1.165, 1.54) is 0 Å². The second kappa shape index (κ2) is 6.54. The highest BCUT2D eigenvalue weighted by Gasteiger charge is 2.10. The van der Waals surface area contributed by atoms with Crippen molar-refractivity contribution in [2.24, 2.45) is 0 Å². The Morgan fingerprint density at radius 2 is 1.75 bits per heavy atom. The minimum absolute atomic E-state index is 0.444. The van der Waals surface area contributed by atoms with Crippen molar-refractivity contribution in [3.8, 4) is 34.0 Å². The zero-order valence-electron chi connectivity index (χ0n) is 13.4. The van der Waals surface area contributed by atoms with E-state index in [4.69, 9.17) is 15.0 Å². The Hall–Kier alpha value is -3.15. The summed E-state index contributed by atoms with van der Waals surface area (Å²) < 4.78 is 10.5. The minimum atomic E-state index is -0.444. The van der Waals surface area contributed by atoms with Crippen LogP contribution in [0, 0.1) is 0 Å². The van der Waals surface area contributed by atoms with Gasteiger partial charge in [-0.3, -0.25) is 0 Å². The van der Waals surface area contributed by atoms with Crippen molar-refractivity contribution >= 4 is 21.8 Å². The van der Waals surface area contributed by atoms with E-state index in [0.717, 1.165) is 5.56 Å². The summed E-state index contributed by atoms with van der Waals surface area (Å²) in [4.78, 5) is 18.7. The average Bonchev–Trinajstić information content (AvgIpc) is 2.61. The van der Waals surface area contributed by atoms with E-state index in [9.17, 15) is 4.79 Å². The number of nitrogens with two attached hydrogens (primary N) is 1. The lowest BCUT2D eigenvalue weighted by molar-refractivity contribution is 0.541. The maximum atomic E-state index is 12.0. The van der Waals surface area contributed by atoms with Crippen LogP contribution in [0.4, 0.5) is 5.69 Å². The molecule has 3 rings (SSSR count). The Morgan fingerprint density at radius 3 is 2.46 bits per heavy atom. The van der Waals surface area contributed by atoms with Gasteiger partial charge in [0.2, 0.25) is 0 Å². The lowest BCUT2D eigenvalue weighted by Gasteiger charge is -2.11. The van der Waals surface area contributed by atoms with Crippen molar-refractivity contribution < 1.29 is 9.31 Å². The highest BCUT2D eigenvalue weighted by molar-refractivity contribution is 6.02. The number of hydrogen-bond donors (Lipinski definition) is 2. The zero-order valence-corrected chi connectivity index (χ0v) is 13.4.